The first-order valence-electron chi connectivity index (χ1n) is 27.0. The average molecular weight is 1010 g/mol. The largest absolute Gasteiger partial charge is 0.261 e. The van der Waals surface area contributed by atoms with Crippen molar-refractivity contribution in [2.75, 3.05) is 0 Å². The molecule has 0 radical (unpaired) electrons. The third-order valence-corrected chi connectivity index (χ3v) is 15.5. The van der Waals surface area contributed by atoms with Crippen LogP contribution in [-0.2, 0) is 13.1 Å². The van der Waals surface area contributed by atoms with Gasteiger partial charge in [-0.3, -0.25) is 4.99 Å². The highest BCUT2D eigenvalue weighted by atomic mass is 15.4. The minimum absolute atomic E-state index is 0.125. The molecule has 1 unspecified atom stereocenters. The lowest BCUT2D eigenvalue weighted by atomic mass is 9.85. The van der Waals surface area contributed by atoms with E-state index in [-0.39, 0.29) is 5.92 Å². The molecule has 0 saturated heterocycles. The zero-order chi connectivity index (χ0) is 51.5. The fourth-order valence-corrected chi connectivity index (χ4v) is 11.6. The third kappa shape index (κ3) is 8.22. The minimum atomic E-state index is -0.125. The summed E-state index contributed by atoms with van der Waals surface area (Å²) < 4.78 is 7.91. The molecule has 13 nitrogen and oxygen atoms in total. The summed E-state index contributed by atoms with van der Waals surface area (Å²) in [4.78, 5) is 25.7. The van der Waals surface area contributed by atoms with E-state index in [1.807, 2.05) is 45.8 Å². The quantitative estimate of drug-likeness (QED) is 0.132. The summed E-state index contributed by atoms with van der Waals surface area (Å²) >= 11 is 0. The van der Waals surface area contributed by atoms with E-state index < -0.39 is 0 Å². The van der Waals surface area contributed by atoms with Gasteiger partial charge < -0.3 is 0 Å². The Morgan fingerprint density at radius 2 is 1.10 bits per heavy atom. The number of hydrogen-bond donors (Lipinski definition) is 0. The van der Waals surface area contributed by atoms with Crippen molar-refractivity contribution in [3.63, 3.8) is 0 Å². The Hall–Kier alpha value is -9.75. The summed E-state index contributed by atoms with van der Waals surface area (Å²) in [7, 11) is 0. The van der Waals surface area contributed by atoms with Crippen LogP contribution in [0.25, 0.3) is 84.2 Å². The molecular weight excluding hydrogens is 963 g/mol. The molecular formula is C65H51N13. The van der Waals surface area contributed by atoms with Crippen molar-refractivity contribution >= 4 is 33.7 Å². The molecule has 0 saturated carbocycles. The van der Waals surface area contributed by atoms with Crippen LogP contribution in [0.3, 0.4) is 0 Å². The van der Waals surface area contributed by atoms with Crippen molar-refractivity contribution in [1.82, 2.24) is 58.7 Å². The summed E-state index contributed by atoms with van der Waals surface area (Å²) in [6.07, 6.45) is 30.1. The first kappa shape index (κ1) is 45.6. The van der Waals surface area contributed by atoms with Crippen LogP contribution >= 0.6 is 0 Å². The molecule has 78 heavy (non-hydrogen) atoms. The number of allylic oxidation sites excluding steroid dienone is 12. The SMILES string of the molecule is C1=CCCC(C2=CCCn3nc(-c4cccc(-c5nc6n(n5)CCC=C6c5ccccc5-c5ccc(-c6cccn7nc(C8C=C(c9nc%10c(-c%11ccccc%11)cccn%10n9)C=C(C9=NC=CCC9)C8)nc67)cc5)c4)nc32)=C1. The standard InChI is InChI=1S/C65H51N13/c1-3-16-42(17-4-1)52-24-12-34-75-62(52)67-58(71-75)46-20-11-21-47(38-46)59-68-65-56(27-15-37-78(65)72-59)55-23-8-7-22-51(55)44-29-31-45(32-30-44)54-26-14-36-77-64(54)70-61(74-77)50-40-48(57-28-9-10-33-66-57)39-49(41-50)60-69-63-53(25-13-35-76(63)73-60)43-18-5-2-6-19-43/h1-3,5-8,10-11,13-14,16,18-27,29-33,35-36,38-39,41,50H,4,9,12,15,17,28,34,37,40H2. The maximum Gasteiger partial charge on any atom is 0.181 e. The Morgan fingerprint density at radius 1 is 0.474 bits per heavy atom. The van der Waals surface area contributed by atoms with Gasteiger partial charge in [0.05, 0.1) is 0 Å². The maximum atomic E-state index is 5.32. The van der Waals surface area contributed by atoms with Crippen LogP contribution in [0, 0.1) is 0 Å². The fourth-order valence-electron chi connectivity index (χ4n) is 11.6. The van der Waals surface area contributed by atoms with E-state index in [2.05, 4.69) is 167 Å². The van der Waals surface area contributed by atoms with Crippen molar-refractivity contribution in [2.24, 2.45) is 4.99 Å². The van der Waals surface area contributed by atoms with Crippen LogP contribution in [0.5, 0.6) is 0 Å². The molecule has 0 spiro atoms. The second-order valence-electron chi connectivity index (χ2n) is 20.4. The lowest BCUT2D eigenvalue weighted by molar-refractivity contribution is 0.603. The summed E-state index contributed by atoms with van der Waals surface area (Å²) in [6, 6.07) is 44.4. The van der Waals surface area contributed by atoms with Gasteiger partial charge in [-0.25, -0.2) is 38.3 Å². The Kier molecular flexibility index (Phi) is 11.2. The van der Waals surface area contributed by atoms with E-state index in [0.29, 0.717) is 11.6 Å². The van der Waals surface area contributed by atoms with Crippen molar-refractivity contribution in [2.45, 2.75) is 64.0 Å². The third-order valence-electron chi connectivity index (χ3n) is 15.5. The maximum absolute atomic E-state index is 5.32. The highest BCUT2D eigenvalue weighted by molar-refractivity contribution is 6.04. The molecule has 1 atom stereocenters. The second-order valence-corrected chi connectivity index (χ2v) is 20.4. The van der Waals surface area contributed by atoms with E-state index in [4.69, 9.17) is 45.3 Å². The van der Waals surface area contributed by atoms with Gasteiger partial charge in [-0.2, -0.15) is 15.3 Å². The zero-order valence-corrected chi connectivity index (χ0v) is 42.7. The van der Waals surface area contributed by atoms with Gasteiger partial charge in [0.25, 0.3) is 0 Å². The Bertz CT molecular complexity index is 4300. The molecule has 13 heteroatoms. The van der Waals surface area contributed by atoms with Gasteiger partial charge in [0.1, 0.15) is 0 Å². The molecule has 376 valence electrons. The Labute approximate surface area is 450 Å². The summed E-state index contributed by atoms with van der Waals surface area (Å²) in [5.41, 5.74) is 17.8. The predicted molar refractivity (Wildman–Crippen MR) is 307 cm³/mol. The normalized spacial score (nSPS) is 17.0. The summed E-state index contributed by atoms with van der Waals surface area (Å²) in [5.74, 6) is 4.48. The molecule has 0 amide bonds. The number of pyridine rings is 2. The molecule has 9 heterocycles. The van der Waals surface area contributed by atoms with E-state index in [1.54, 1.807) is 0 Å². The number of aromatic nitrogens is 12. The molecule has 0 fully saturated rings. The van der Waals surface area contributed by atoms with Crippen molar-refractivity contribution in [1.29, 1.82) is 0 Å². The van der Waals surface area contributed by atoms with Gasteiger partial charge in [0.15, 0.2) is 46.2 Å². The van der Waals surface area contributed by atoms with Crippen LogP contribution in [0.2, 0.25) is 0 Å². The highest BCUT2D eigenvalue weighted by Crippen LogP contribution is 2.40. The van der Waals surface area contributed by atoms with Gasteiger partial charge in [0.2, 0.25) is 0 Å². The molecule has 10 aromatic rings. The van der Waals surface area contributed by atoms with Gasteiger partial charge >= 0.3 is 0 Å². The number of aryl methyl sites for hydroxylation is 2. The molecule has 5 aliphatic rings. The lowest BCUT2D eigenvalue weighted by Crippen LogP contribution is -2.13. The minimum Gasteiger partial charge on any atom is -0.261 e. The number of rotatable bonds is 10. The first-order chi connectivity index (χ1) is 38.6. The molecule has 4 aromatic carbocycles. The zero-order valence-electron chi connectivity index (χ0n) is 42.7. The summed E-state index contributed by atoms with van der Waals surface area (Å²) in [6.45, 7) is 1.58. The van der Waals surface area contributed by atoms with Gasteiger partial charge in [-0.1, -0.05) is 140 Å². The van der Waals surface area contributed by atoms with Gasteiger partial charge in [0, 0.05) is 82.3 Å². The van der Waals surface area contributed by atoms with Crippen molar-refractivity contribution in [3.8, 4) is 56.2 Å². The summed E-state index contributed by atoms with van der Waals surface area (Å²) in [5, 5.41) is 20.3. The molecule has 15 rings (SSSR count). The van der Waals surface area contributed by atoms with Crippen LogP contribution in [0.1, 0.15) is 79.7 Å². The molecule has 0 bridgehead atoms. The number of hydrogen-bond acceptors (Lipinski definition) is 9. The molecule has 2 aliphatic carbocycles. The van der Waals surface area contributed by atoms with Crippen molar-refractivity contribution < 1.29 is 0 Å². The van der Waals surface area contributed by atoms with E-state index in [0.717, 1.165) is 165 Å². The van der Waals surface area contributed by atoms with Crippen LogP contribution in [0.4, 0.5) is 0 Å². The van der Waals surface area contributed by atoms with Crippen molar-refractivity contribution in [3.05, 3.63) is 235 Å². The first-order valence-corrected chi connectivity index (χ1v) is 27.0. The number of aliphatic imine (C=N–C) groups is 1. The van der Waals surface area contributed by atoms with E-state index in [9.17, 15) is 0 Å². The lowest BCUT2D eigenvalue weighted by Gasteiger charge is -2.21. The predicted octanol–water partition coefficient (Wildman–Crippen LogP) is 13.4. The van der Waals surface area contributed by atoms with E-state index in [1.165, 1.54) is 11.1 Å². The Morgan fingerprint density at radius 3 is 1.82 bits per heavy atom. The monoisotopic (exact) mass is 1010 g/mol. The smallest absolute Gasteiger partial charge is 0.181 e. The van der Waals surface area contributed by atoms with Crippen LogP contribution in [-0.4, -0.2) is 64.4 Å². The molecule has 6 aromatic heterocycles. The topological polar surface area (TPSA) is 134 Å². The van der Waals surface area contributed by atoms with E-state index >= 15 is 0 Å². The van der Waals surface area contributed by atoms with Gasteiger partial charge in [-0.15, -0.1) is 5.10 Å². The highest BCUT2D eigenvalue weighted by Gasteiger charge is 2.28. The average Bonchev–Trinajstić information content (AvgIpc) is 4.39. The van der Waals surface area contributed by atoms with Crippen LogP contribution < -0.4 is 0 Å². The molecule has 3 aliphatic heterocycles. The fraction of sp³-hybridized carbons (Fsp3) is 0.154. The van der Waals surface area contributed by atoms with Crippen LogP contribution in [0.15, 0.2) is 211 Å². The van der Waals surface area contributed by atoms with Gasteiger partial charge in [-0.05, 0) is 120 Å². The molecule has 0 N–H and O–H groups in total. The number of benzene rings is 4. The number of fused-ring (bicyclic) bond motifs is 4. The second kappa shape index (κ2) is 19.1. The number of nitrogens with zero attached hydrogens (tertiary/aromatic N) is 13. The Balaban J connectivity index is 0.715.